The lowest BCUT2D eigenvalue weighted by Crippen LogP contribution is -2.24. The molecule has 0 aliphatic heterocycles. The molecule has 4 rings (SSSR count). The van der Waals surface area contributed by atoms with E-state index in [9.17, 15) is 9.18 Å². The number of ether oxygens (including phenoxy) is 3. The summed E-state index contributed by atoms with van der Waals surface area (Å²) in [6.45, 7) is 2.32. The fourth-order valence-corrected chi connectivity index (χ4v) is 3.80. The summed E-state index contributed by atoms with van der Waals surface area (Å²) < 4.78 is 31.3. The number of nitrogens with one attached hydrogen (secondary N) is 2. The van der Waals surface area contributed by atoms with E-state index >= 15 is 0 Å². The van der Waals surface area contributed by atoms with Crippen LogP contribution in [0.3, 0.4) is 0 Å². The fourth-order valence-electron chi connectivity index (χ4n) is 3.55. The molecule has 0 aliphatic rings. The van der Waals surface area contributed by atoms with E-state index in [2.05, 4.69) is 25.5 Å². The molecule has 0 atom stereocenters. The predicted molar refractivity (Wildman–Crippen MR) is 139 cm³/mol. The lowest BCUT2D eigenvalue weighted by molar-refractivity contribution is -0.115. The van der Waals surface area contributed by atoms with E-state index in [4.69, 9.17) is 37.4 Å². The Balaban J connectivity index is 1.68. The summed E-state index contributed by atoms with van der Waals surface area (Å²) in [6, 6.07) is 9.39. The number of aromatic nitrogens is 4. The van der Waals surface area contributed by atoms with Crippen LogP contribution < -0.4 is 19.7 Å². The van der Waals surface area contributed by atoms with Gasteiger partial charge in [0.25, 0.3) is 0 Å². The van der Waals surface area contributed by atoms with Crippen LogP contribution in [-0.2, 0) is 9.53 Å². The van der Waals surface area contributed by atoms with Crippen LogP contribution in [0, 0.1) is 5.82 Å². The average molecular weight is 549 g/mol. The second-order valence-electron chi connectivity index (χ2n) is 7.61. The number of rotatable bonds is 11. The van der Waals surface area contributed by atoms with Crippen LogP contribution in [0.15, 0.2) is 42.7 Å². The minimum absolute atomic E-state index is 0.0247. The van der Waals surface area contributed by atoms with E-state index in [-0.39, 0.29) is 29.0 Å². The molecule has 0 saturated carbocycles. The van der Waals surface area contributed by atoms with E-state index in [1.807, 2.05) is 0 Å². The quantitative estimate of drug-likeness (QED) is 0.194. The number of carbonyl (C=O) groups is 1. The monoisotopic (exact) mass is 548 g/mol. The second-order valence-corrected chi connectivity index (χ2v) is 8.39. The zero-order valence-electron chi connectivity index (χ0n) is 19.9. The molecule has 0 radical (unpaired) electrons. The second kappa shape index (κ2) is 12.0. The van der Waals surface area contributed by atoms with Gasteiger partial charge in [-0.3, -0.25) is 14.8 Å². The normalized spacial score (nSPS) is 10.9. The third kappa shape index (κ3) is 6.01. The summed E-state index contributed by atoms with van der Waals surface area (Å²) in [5, 5.41) is 10.6. The van der Waals surface area contributed by atoms with Crippen LogP contribution in [0.25, 0.3) is 10.9 Å². The van der Waals surface area contributed by atoms with Gasteiger partial charge in [0.1, 0.15) is 42.7 Å². The van der Waals surface area contributed by atoms with Crippen molar-refractivity contribution >= 4 is 63.2 Å². The Bertz CT molecular complexity index is 1400. The minimum Gasteiger partial charge on any atom is -0.491 e. The number of amides is 1. The maximum atomic E-state index is 14.7. The van der Waals surface area contributed by atoms with Gasteiger partial charge < -0.3 is 19.5 Å². The third-order valence-electron chi connectivity index (χ3n) is 5.10. The molecule has 37 heavy (non-hydrogen) atoms. The summed E-state index contributed by atoms with van der Waals surface area (Å²) in [6.07, 6.45) is 1.38. The van der Waals surface area contributed by atoms with Crippen molar-refractivity contribution in [1.29, 1.82) is 0 Å². The first-order valence-electron chi connectivity index (χ1n) is 11.1. The number of aromatic amines is 1. The number of anilines is 4. The van der Waals surface area contributed by atoms with Crippen molar-refractivity contribution in [2.75, 3.05) is 43.0 Å². The molecular weight excluding hydrogens is 526 g/mol. The number of benzene rings is 2. The number of hydrogen-bond donors (Lipinski definition) is 2. The Morgan fingerprint density at radius 2 is 2.00 bits per heavy atom. The van der Waals surface area contributed by atoms with E-state index in [1.165, 1.54) is 31.5 Å². The van der Waals surface area contributed by atoms with Gasteiger partial charge >= 0.3 is 0 Å². The third-order valence-corrected chi connectivity index (χ3v) is 5.55. The number of hydrogen-bond acceptors (Lipinski definition) is 8. The van der Waals surface area contributed by atoms with Gasteiger partial charge in [-0.2, -0.15) is 5.10 Å². The topological polar surface area (TPSA) is 114 Å². The largest absolute Gasteiger partial charge is 0.491 e. The first-order valence-corrected chi connectivity index (χ1v) is 12.0. The maximum Gasteiger partial charge on any atom is 0.229 e. The highest BCUT2D eigenvalue weighted by Crippen LogP contribution is 2.36. The Kier molecular flexibility index (Phi) is 8.59. The summed E-state index contributed by atoms with van der Waals surface area (Å²) in [7, 11) is 1.59. The van der Waals surface area contributed by atoms with Crippen molar-refractivity contribution in [1.82, 2.24) is 20.2 Å². The predicted octanol–water partition coefficient (Wildman–Crippen LogP) is 5.22. The number of nitrogens with zero attached hydrogens (tertiary/aromatic N) is 4. The Morgan fingerprint density at radius 1 is 1.16 bits per heavy atom. The zero-order chi connectivity index (χ0) is 26.4. The van der Waals surface area contributed by atoms with Gasteiger partial charge in [0.2, 0.25) is 5.91 Å². The lowest BCUT2D eigenvalue weighted by Gasteiger charge is -2.19. The first kappa shape index (κ1) is 26.4. The maximum absolute atomic E-state index is 14.7. The van der Waals surface area contributed by atoms with Crippen molar-refractivity contribution < 1.29 is 23.4 Å². The molecule has 2 heterocycles. The van der Waals surface area contributed by atoms with Crippen molar-refractivity contribution in [3.05, 3.63) is 53.6 Å². The molecule has 194 valence electrons. The highest BCUT2D eigenvalue weighted by Gasteiger charge is 2.22. The van der Waals surface area contributed by atoms with Crippen LogP contribution in [0.1, 0.15) is 6.92 Å². The number of alkyl halides is 1. The lowest BCUT2D eigenvalue weighted by atomic mass is 10.2. The SMILES string of the molecule is COCCOc1cc(OCCCl)c2c(Nc3cc(N(C(C)=O)c4cccc(Cl)c4F)n[nH]3)ncnc2c1. The highest BCUT2D eigenvalue weighted by atomic mass is 35.5. The molecule has 0 saturated heterocycles. The molecule has 1 amide bonds. The van der Waals surface area contributed by atoms with E-state index in [0.29, 0.717) is 47.3 Å². The number of H-pyrrole nitrogens is 1. The molecular formula is C24H23Cl2FN6O4. The Morgan fingerprint density at radius 3 is 2.76 bits per heavy atom. The van der Waals surface area contributed by atoms with Gasteiger partial charge in [0, 0.05) is 32.2 Å². The standard InChI is InChI=1S/C24H23Cl2FN6O4/c1-14(34)33(18-5-3-4-16(26)23(18)27)21-12-20(31-32-21)30-24-22-17(28-13-29-24)10-15(36-9-8-35-2)11-19(22)37-7-6-25/h3-5,10-13H,6-9H2,1-2H3,(H2,28,29,30,31,32). The smallest absolute Gasteiger partial charge is 0.229 e. The minimum atomic E-state index is -0.733. The molecule has 10 nitrogen and oxygen atoms in total. The van der Waals surface area contributed by atoms with Gasteiger partial charge in [0.05, 0.1) is 34.1 Å². The molecule has 13 heteroatoms. The summed E-state index contributed by atoms with van der Waals surface area (Å²) in [5.74, 6) is 1.03. The number of carbonyl (C=O) groups excluding carboxylic acids is 1. The van der Waals surface area contributed by atoms with Gasteiger partial charge in [-0.05, 0) is 12.1 Å². The van der Waals surface area contributed by atoms with Gasteiger partial charge in [0.15, 0.2) is 11.6 Å². The highest BCUT2D eigenvalue weighted by molar-refractivity contribution is 6.31. The Hall–Kier alpha value is -3.67. The van der Waals surface area contributed by atoms with E-state index in [0.717, 1.165) is 4.90 Å². The molecule has 2 aromatic heterocycles. The van der Waals surface area contributed by atoms with Gasteiger partial charge in [-0.25, -0.2) is 14.4 Å². The van der Waals surface area contributed by atoms with Crippen LogP contribution in [-0.4, -0.2) is 58.9 Å². The summed E-state index contributed by atoms with van der Waals surface area (Å²) >= 11 is 11.8. The number of methoxy groups -OCH3 is 1. The van der Waals surface area contributed by atoms with E-state index < -0.39 is 11.7 Å². The van der Waals surface area contributed by atoms with Gasteiger partial charge in [-0.1, -0.05) is 17.7 Å². The number of halogens is 3. The summed E-state index contributed by atoms with van der Waals surface area (Å²) in [4.78, 5) is 22.2. The van der Waals surface area contributed by atoms with Crippen molar-refractivity contribution in [2.24, 2.45) is 0 Å². The first-order chi connectivity index (χ1) is 17.9. The molecule has 2 aromatic carbocycles. The van der Waals surface area contributed by atoms with Crippen LogP contribution in [0.2, 0.25) is 5.02 Å². The van der Waals surface area contributed by atoms with Crippen molar-refractivity contribution in [2.45, 2.75) is 6.92 Å². The van der Waals surface area contributed by atoms with Crippen LogP contribution in [0.5, 0.6) is 11.5 Å². The Labute approximate surface area is 221 Å². The average Bonchev–Trinajstić information content (AvgIpc) is 3.33. The molecule has 0 spiro atoms. The molecule has 2 N–H and O–H groups in total. The fraction of sp³-hybridized carbons (Fsp3) is 0.250. The molecule has 4 aromatic rings. The molecule has 0 aliphatic carbocycles. The zero-order valence-corrected chi connectivity index (χ0v) is 21.4. The van der Waals surface area contributed by atoms with E-state index in [1.54, 1.807) is 25.3 Å². The van der Waals surface area contributed by atoms with Crippen LogP contribution >= 0.6 is 23.2 Å². The molecule has 0 unspecified atom stereocenters. The molecule has 0 bridgehead atoms. The number of fused-ring (bicyclic) bond motifs is 1. The van der Waals surface area contributed by atoms with Gasteiger partial charge in [-0.15, -0.1) is 11.6 Å². The summed E-state index contributed by atoms with van der Waals surface area (Å²) in [5.41, 5.74) is 0.534. The van der Waals surface area contributed by atoms with Crippen LogP contribution in [0.4, 0.5) is 27.5 Å². The molecule has 0 fully saturated rings. The van der Waals surface area contributed by atoms with Crippen molar-refractivity contribution in [3.63, 3.8) is 0 Å². The van der Waals surface area contributed by atoms with Crippen molar-refractivity contribution in [3.8, 4) is 11.5 Å².